The largest absolute Gasteiger partial charge is 0.346 e. The van der Waals surface area contributed by atoms with Crippen LogP contribution >= 0.6 is 0 Å². The van der Waals surface area contributed by atoms with Crippen molar-refractivity contribution in [3.8, 4) is 0 Å². The van der Waals surface area contributed by atoms with Gasteiger partial charge in [0.25, 0.3) is 0 Å². The molecule has 2 rings (SSSR count). The number of rotatable bonds is 1. The molecule has 0 aromatic rings. The topological polar surface area (TPSA) is 36.5 Å². The third-order valence-corrected chi connectivity index (χ3v) is 2.66. The number of piperazine rings is 1. The minimum Gasteiger partial charge on any atom is -0.346 e. The van der Waals surface area contributed by atoms with Gasteiger partial charge in [0.05, 0.1) is 6.61 Å². The van der Waals surface area contributed by atoms with E-state index in [9.17, 15) is 0 Å². The Balaban J connectivity index is 1.96. The summed E-state index contributed by atoms with van der Waals surface area (Å²) in [6, 6.07) is 0. The molecule has 0 saturated carbocycles. The summed E-state index contributed by atoms with van der Waals surface area (Å²) in [5.74, 6) is -0.192. The molecule has 12 heavy (non-hydrogen) atoms. The van der Waals surface area contributed by atoms with E-state index in [0.717, 1.165) is 39.3 Å². The van der Waals surface area contributed by atoms with E-state index in [0.29, 0.717) is 0 Å². The highest BCUT2D eigenvalue weighted by molar-refractivity contribution is 4.82. The number of ether oxygens (including phenoxy) is 1. The molecule has 2 fully saturated rings. The van der Waals surface area contributed by atoms with Crippen molar-refractivity contribution in [3.63, 3.8) is 0 Å². The van der Waals surface area contributed by atoms with E-state index in [1.807, 2.05) is 0 Å². The summed E-state index contributed by atoms with van der Waals surface area (Å²) in [4.78, 5) is 2.36. The molecule has 0 amide bonds. The molecule has 0 aromatic carbocycles. The third-order valence-electron chi connectivity index (χ3n) is 2.66. The summed E-state index contributed by atoms with van der Waals surface area (Å²) in [7, 11) is 0. The van der Waals surface area contributed by atoms with Crippen LogP contribution in [-0.2, 0) is 4.74 Å². The molecule has 2 N–H and O–H groups in total. The monoisotopic (exact) mass is 171 g/mol. The second-order valence-corrected chi connectivity index (χ2v) is 3.50. The van der Waals surface area contributed by atoms with Crippen LogP contribution in [0.25, 0.3) is 0 Å². The van der Waals surface area contributed by atoms with Crippen molar-refractivity contribution < 1.29 is 4.74 Å². The van der Waals surface area contributed by atoms with Crippen LogP contribution in [0.3, 0.4) is 0 Å². The summed E-state index contributed by atoms with van der Waals surface area (Å²) < 4.78 is 5.67. The number of hydrogen-bond acceptors (Lipinski definition) is 4. The molecule has 2 heterocycles. The molecule has 2 aliphatic heterocycles. The van der Waals surface area contributed by atoms with Crippen LogP contribution in [0.5, 0.6) is 0 Å². The normalized spacial score (nSPS) is 38.8. The summed E-state index contributed by atoms with van der Waals surface area (Å²) in [5, 5.41) is 6.71. The van der Waals surface area contributed by atoms with E-state index < -0.39 is 0 Å². The Morgan fingerprint density at radius 3 is 2.58 bits per heavy atom. The highest BCUT2D eigenvalue weighted by atomic mass is 16.5. The highest BCUT2D eigenvalue weighted by Gasteiger charge is 2.36. The fourth-order valence-corrected chi connectivity index (χ4v) is 1.88. The van der Waals surface area contributed by atoms with Gasteiger partial charge < -0.3 is 10.1 Å². The van der Waals surface area contributed by atoms with Gasteiger partial charge in [-0.15, -0.1) is 0 Å². The van der Waals surface area contributed by atoms with Gasteiger partial charge in [0.1, 0.15) is 0 Å². The summed E-state index contributed by atoms with van der Waals surface area (Å²) in [5.41, 5.74) is 0. The first-order valence-corrected chi connectivity index (χ1v) is 4.66. The quantitative estimate of drug-likeness (QED) is 0.541. The lowest BCUT2D eigenvalue weighted by Gasteiger charge is -2.39. The lowest BCUT2D eigenvalue weighted by molar-refractivity contribution is -0.126. The van der Waals surface area contributed by atoms with Crippen molar-refractivity contribution in [1.29, 1.82) is 0 Å². The van der Waals surface area contributed by atoms with E-state index >= 15 is 0 Å². The van der Waals surface area contributed by atoms with Crippen molar-refractivity contribution in [1.82, 2.24) is 15.5 Å². The first kappa shape index (κ1) is 8.44. The van der Waals surface area contributed by atoms with Crippen LogP contribution in [-0.4, -0.2) is 50.1 Å². The molecule has 70 valence electrons. The van der Waals surface area contributed by atoms with Gasteiger partial charge in [-0.2, -0.15) is 0 Å². The number of nitrogens with one attached hydrogen (secondary N) is 2. The Morgan fingerprint density at radius 2 is 2.00 bits per heavy atom. The fraction of sp³-hybridized carbons (Fsp3) is 1.00. The zero-order chi connectivity index (χ0) is 8.44. The zero-order valence-electron chi connectivity index (χ0n) is 7.60. The second-order valence-electron chi connectivity index (χ2n) is 3.50. The van der Waals surface area contributed by atoms with E-state index in [1.54, 1.807) is 0 Å². The average Bonchev–Trinajstić information content (AvgIpc) is 2.55. The molecular formula is C8H17N3O. The molecule has 2 aliphatic rings. The predicted octanol–water partition coefficient (Wildman–Crippen LogP) is -0.815. The van der Waals surface area contributed by atoms with E-state index in [1.165, 1.54) is 0 Å². The highest BCUT2D eigenvalue weighted by Crippen LogP contribution is 2.17. The smallest absolute Gasteiger partial charge is 0.174 e. The molecule has 1 unspecified atom stereocenters. The van der Waals surface area contributed by atoms with Crippen LogP contribution in [0.1, 0.15) is 6.92 Å². The minimum atomic E-state index is -0.192. The van der Waals surface area contributed by atoms with Gasteiger partial charge in [0, 0.05) is 32.7 Å². The van der Waals surface area contributed by atoms with Crippen molar-refractivity contribution in [2.24, 2.45) is 0 Å². The van der Waals surface area contributed by atoms with Crippen LogP contribution in [0.4, 0.5) is 0 Å². The Labute approximate surface area is 73.3 Å². The SMILES string of the molecule is CC1(N2CCNCC2)NCCO1. The molecule has 0 aromatic heterocycles. The average molecular weight is 171 g/mol. The standard InChI is InChI=1S/C8H17N3O/c1-8(10-4-7-12-8)11-5-2-9-3-6-11/h9-10H,2-7H2,1H3. The second kappa shape index (κ2) is 3.30. The van der Waals surface area contributed by atoms with Crippen molar-refractivity contribution in [3.05, 3.63) is 0 Å². The Morgan fingerprint density at radius 1 is 1.25 bits per heavy atom. The van der Waals surface area contributed by atoms with Crippen LogP contribution in [0.15, 0.2) is 0 Å². The fourth-order valence-electron chi connectivity index (χ4n) is 1.88. The first-order valence-electron chi connectivity index (χ1n) is 4.66. The molecule has 1 atom stereocenters. The summed E-state index contributed by atoms with van der Waals surface area (Å²) in [6.45, 7) is 8.21. The maximum absolute atomic E-state index is 5.67. The van der Waals surface area contributed by atoms with E-state index in [4.69, 9.17) is 4.74 Å². The van der Waals surface area contributed by atoms with Gasteiger partial charge in [0.15, 0.2) is 5.85 Å². The van der Waals surface area contributed by atoms with Crippen LogP contribution < -0.4 is 10.6 Å². The van der Waals surface area contributed by atoms with Crippen LogP contribution in [0.2, 0.25) is 0 Å². The molecule has 4 nitrogen and oxygen atoms in total. The minimum absolute atomic E-state index is 0.192. The third kappa shape index (κ3) is 1.47. The molecule has 0 aliphatic carbocycles. The summed E-state index contributed by atoms with van der Waals surface area (Å²) >= 11 is 0. The molecule has 4 heteroatoms. The molecule has 0 bridgehead atoms. The van der Waals surface area contributed by atoms with Gasteiger partial charge in [-0.1, -0.05) is 0 Å². The van der Waals surface area contributed by atoms with Crippen molar-refractivity contribution >= 4 is 0 Å². The van der Waals surface area contributed by atoms with E-state index in [-0.39, 0.29) is 5.85 Å². The van der Waals surface area contributed by atoms with Crippen molar-refractivity contribution in [2.45, 2.75) is 12.8 Å². The Hall–Kier alpha value is -0.160. The van der Waals surface area contributed by atoms with Gasteiger partial charge in [-0.05, 0) is 6.92 Å². The lowest BCUT2D eigenvalue weighted by atomic mass is 10.3. The molecule has 0 spiro atoms. The molecular weight excluding hydrogens is 154 g/mol. The maximum atomic E-state index is 5.67. The molecule has 2 saturated heterocycles. The van der Waals surface area contributed by atoms with Gasteiger partial charge in [0.2, 0.25) is 0 Å². The predicted molar refractivity (Wildman–Crippen MR) is 46.8 cm³/mol. The van der Waals surface area contributed by atoms with Gasteiger partial charge in [-0.3, -0.25) is 10.2 Å². The molecule has 0 radical (unpaired) electrons. The van der Waals surface area contributed by atoms with E-state index in [2.05, 4.69) is 22.5 Å². The van der Waals surface area contributed by atoms with Crippen LogP contribution in [0, 0.1) is 0 Å². The number of nitrogens with zero attached hydrogens (tertiary/aromatic N) is 1. The zero-order valence-corrected chi connectivity index (χ0v) is 7.60. The Bertz CT molecular complexity index is 150. The summed E-state index contributed by atoms with van der Waals surface area (Å²) in [6.07, 6.45) is 0. The van der Waals surface area contributed by atoms with Gasteiger partial charge >= 0.3 is 0 Å². The Kier molecular flexibility index (Phi) is 2.32. The number of hydrogen-bond donors (Lipinski definition) is 2. The maximum Gasteiger partial charge on any atom is 0.174 e. The first-order chi connectivity index (χ1) is 5.81. The lowest BCUT2D eigenvalue weighted by Crippen LogP contribution is -2.60. The van der Waals surface area contributed by atoms with Gasteiger partial charge in [-0.25, -0.2) is 0 Å². The van der Waals surface area contributed by atoms with Crippen molar-refractivity contribution in [2.75, 3.05) is 39.3 Å².